The molecule has 8 rings (SSSR count). The maximum Gasteiger partial charge on any atom is 0.407 e. The zero-order valence-electron chi connectivity index (χ0n) is 66.3. The van der Waals surface area contributed by atoms with Gasteiger partial charge in [0.05, 0.1) is 62.0 Å². The van der Waals surface area contributed by atoms with Crippen molar-refractivity contribution in [2.75, 3.05) is 20.2 Å². The van der Waals surface area contributed by atoms with Crippen LogP contribution in [0.3, 0.4) is 0 Å². The number of primary amides is 1. The first-order valence-corrected chi connectivity index (χ1v) is 38.1. The third-order valence-corrected chi connectivity index (χ3v) is 20.1. The number of ether oxygens (including phenoxy) is 1. The van der Waals surface area contributed by atoms with Crippen molar-refractivity contribution in [2.45, 2.75) is 184 Å². The first kappa shape index (κ1) is 91.0. The van der Waals surface area contributed by atoms with Crippen LogP contribution in [0.25, 0.3) is 22.4 Å². The molecule has 0 saturated carbocycles. The minimum absolute atomic E-state index is 0.0124. The normalized spacial score (nSPS) is 16.1. The molecule has 0 radical (unpaired) electrons. The van der Waals surface area contributed by atoms with E-state index in [9.17, 15) is 92.7 Å². The molecule has 19 N–H and O–H groups in total. The van der Waals surface area contributed by atoms with E-state index in [4.69, 9.17) is 10.5 Å². The summed E-state index contributed by atoms with van der Waals surface area (Å²) in [5, 5.41) is 76.5. The highest BCUT2D eigenvalue weighted by atomic mass is 19.1. The van der Waals surface area contributed by atoms with Gasteiger partial charge in [-0.25, -0.2) is 19.2 Å². The van der Waals surface area contributed by atoms with Crippen molar-refractivity contribution in [3.05, 3.63) is 179 Å². The fourth-order valence-electron chi connectivity index (χ4n) is 13.5. The molecule has 0 aliphatic carbocycles. The Morgan fingerprint density at radius 1 is 0.630 bits per heavy atom. The number of likely N-dealkylation sites (tertiary alicyclic amines) is 1. The van der Waals surface area contributed by atoms with Crippen LogP contribution >= 0.6 is 0 Å². The van der Waals surface area contributed by atoms with Crippen molar-refractivity contribution in [3.63, 3.8) is 0 Å². The minimum atomic E-state index is -2.44. The van der Waals surface area contributed by atoms with E-state index in [0.29, 0.717) is 28.9 Å². The summed E-state index contributed by atoms with van der Waals surface area (Å²) in [7, 11) is 1.08. The van der Waals surface area contributed by atoms with Gasteiger partial charge in [-0.05, 0) is 124 Å². The van der Waals surface area contributed by atoms with E-state index in [0.717, 1.165) is 61.8 Å². The number of aromatic hydroxyl groups is 1. The van der Waals surface area contributed by atoms with E-state index in [1.54, 1.807) is 48.5 Å². The molecule has 12 atom stereocenters. The maximum atomic E-state index is 15.7. The highest BCUT2D eigenvalue weighted by Crippen LogP contribution is 2.32. The van der Waals surface area contributed by atoms with Crippen molar-refractivity contribution in [2.24, 2.45) is 5.73 Å². The molecule has 0 spiro atoms. The number of amides is 12. The van der Waals surface area contributed by atoms with E-state index in [-0.39, 0.29) is 55.7 Å². The molecule has 0 bridgehead atoms. The van der Waals surface area contributed by atoms with Crippen LogP contribution in [0.5, 0.6) is 5.75 Å². The van der Waals surface area contributed by atoms with Crippen LogP contribution in [0.1, 0.15) is 106 Å². The number of hydrogen-bond donors (Lipinski definition) is 18. The van der Waals surface area contributed by atoms with Crippen molar-refractivity contribution < 1.29 is 102 Å². The number of benzene rings is 4. The Bertz CT molecular complexity index is 4800. The van der Waals surface area contributed by atoms with Crippen LogP contribution in [0.15, 0.2) is 134 Å². The number of H-pyrrole nitrogens is 2. The molecular weight excluding hydrogens is 1550 g/mol. The number of nitrogens with one attached hydrogen (secondary N) is 12. The Kier molecular flexibility index (Phi) is 32.0. The van der Waals surface area contributed by atoms with E-state index in [1.165, 1.54) is 67.3 Å². The third kappa shape index (κ3) is 25.2. The van der Waals surface area contributed by atoms with E-state index >= 15 is 4.39 Å². The predicted molar refractivity (Wildman–Crippen MR) is 423 cm³/mol. The first-order valence-electron chi connectivity index (χ1n) is 38.1. The molecule has 7 aromatic rings. The lowest BCUT2D eigenvalue weighted by Gasteiger charge is -2.37. The molecule has 37 nitrogen and oxygen atoms in total. The molecule has 1 aliphatic heterocycles. The average Bonchev–Trinajstić information content (AvgIpc) is 1.68. The number of imidazole rings is 2. The van der Waals surface area contributed by atoms with E-state index < -0.39 is 199 Å². The molecule has 1 saturated heterocycles. The number of pyridine rings is 1. The second-order valence-electron chi connectivity index (χ2n) is 29.2. The highest BCUT2D eigenvalue weighted by Gasteiger charge is 2.49. The van der Waals surface area contributed by atoms with Crippen LogP contribution < -0.4 is 58.9 Å². The number of aliphatic hydroxyl groups is 2. The number of carbonyl (C=O) groups excluding carboxylic acids is 12. The Hall–Kier alpha value is -13.5. The molecule has 38 heteroatoms. The quantitative estimate of drug-likeness (QED) is 0.0243. The van der Waals surface area contributed by atoms with Crippen LogP contribution in [-0.4, -0.2) is 230 Å². The summed E-state index contributed by atoms with van der Waals surface area (Å²) in [5.41, 5.74) is 7.66. The number of carboxylic acids is 2. The summed E-state index contributed by atoms with van der Waals surface area (Å²) >= 11 is 0. The van der Waals surface area contributed by atoms with Crippen LogP contribution in [0.2, 0.25) is 0 Å². The Labute approximate surface area is 682 Å². The number of methoxy groups -OCH3 is 1. The molecule has 634 valence electrons. The molecule has 2 unspecified atom stereocenters. The number of alkyl carbamates (subject to hydrolysis) is 1. The van der Waals surface area contributed by atoms with Crippen molar-refractivity contribution in [1.29, 1.82) is 0 Å². The summed E-state index contributed by atoms with van der Waals surface area (Å²) in [5.74, 6) is -16.3. The van der Waals surface area contributed by atoms with Gasteiger partial charge in [0.1, 0.15) is 71.0 Å². The molecule has 1 aliphatic rings. The van der Waals surface area contributed by atoms with Gasteiger partial charge >= 0.3 is 18.0 Å². The zero-order chi connectivity index (χ0) is 87.0. The number of carbonyl (C=O) groups is 14. The standard InChI is InChI=1S/C81H98FN17O20/c1-8-48-32-53(102)23-24-55(48)49-21-18-46(19-22-49)30-60(71(110)90-59(69(83)108)31-47-20-25-57(86-37-47)54-16-11-9-14-43(54)2)91-73(112)62(35-66(106)107)92-72(111)61(33-51-38-84-41-88-51)93-74(113)67(44(3)100)97-77(116)80(5,36-50-15-10-12-17-56(50)82)98-75(114)68(45(4)101)96-64(103)40-87-70(109)58(26-27-65(104)105)94-78(117)81(6)28-13-29-99(81)76(115)63(95-79(118)119-7)34-52-39-85-42-89-52/h9-12,14-25,32,37-39,41-42,44-45,58-63,67-68,100-102H,8,13,26-31,33-36,40H2,1-7H3,(H2,83,108)(H,84,88)(H,85,89)(H,87,109)(H,90,110)(H,91,112)(H,92,111)(H,93,113)(H,94,117)(H,95,118)(H,96,103)(H,97,116)(H,98,114)(H,104,105)(H,106,107)/t44-,45-,58+,59+,60+,61+,62+,63+,67+,68+,80?,81?/m1/s1. The number of carboxylic acid groups (broad SMARTS) is 2. The smallest absolute Gasteiger partial charge is 0.407 e. The fourth-order valence-corrected chi connectivity index (χ4v) is 13.5. The summed E-state index contributed by atoms with van der Waals surface area (Å²) in [6.45, 7) is 7.37. The summed E-state index contributed by atoms with van der Waals surface area (Å²) in [6, 6.07) is 13.4. The average molecular weight is 1650 g/mol. The maximum absolute atomic E-state index is 15.7. The topological polar surface area (TPSA) is 569 Å². The van der Waals surface area contributed by atoms with Gasteiger partial charge in [0.2, 0.25) is 65.0 Å². The lowest BCUT2D eigenvalue weighted by molar-refractivity contribution is -0.146. The number of aryl methyl sites for hydroxylation is 2. The van der Waals surface area contributed by atoms with Gasteiger partial charge in [-0.2, -0.15) is 0 Å². The number of halogens is 1. The lowest BCUT2D eigenvalue weighted by atomic mass is 9.90. The number of nitrogens with two attached hydrogens (primary N) is 1. The minimum Gasteiger partial charge on any atom is -0.508 e. The molecule has 1 fully saturated rings. The van der Waals surface area contributed by atoms with Gasteiger partial charge in [-0.15, -0.1) is 0 Å². The molecule has 4 heterocycles. The van der Waals surface area contributed by atoms with Gasteiger partial charge in [-0.1, -0.05) is 85.8 Å². The van der Waals surface area contributed by atoms with Crippen LogP contribution in [0, 0.1) is 12.7 Å². The monoisotopic (exact) mass is 1650 g/mol. The van der Waals surface area contributed by atoms with Crippen molar-refractivity contribution in [1.82, 2.24) is 83.0 Å². The number of aromatic amines is 2. The van der Waals surface area contributed by atoms with E-state index in [2.05, 4.69) is 78.1 Å². The Balaban J connectivity index is 0.985. The first-order chi connectivity index (χ1) is 56.5. The van der Waals surface area contributed by atoms with E-state index in [1.807, 2.05) is 38.1 Å². The number of nitrogens with zero attached hydrogens (tertiary/aromatic N) is 4. The second kappa shape index (κ2) is 41.9. The number of phenols is 1. The number of rotatable bonds is 41. The number of aliphatic hydroxyl groups excluding tert-OH is 2. The second-order valence-corrected chi connectivity index (χ2v) is 29.2. The molecule has 4 aromatic carbocycles. The van der Waals surface area contributed by atoms with Gasteiger partial charge in [0, 0.05) is 69.2 Å². The zero-order valence-corrected chi connectivity index (χ0v) is 66.3. The van der Waals surface area contributed by atoms with Crippen molar-refractivity contribution in [3.8, 4) is 28.1 Å². The third-order valence-electron chi connectivity index (χ3n) is 20.1. The SMILES string of the molecule is CCc1cc(O)ccc1-c1ccc(C[C@H](NC(=O)[C@H](CC(=O)O)NC(=O)[C@H](Cc2c[nH]cn2)NC(=O)[C@@H](NC(=O)C(C)(Cc2ccccc2F)NC(=O)[C@@H](NC(=O)CNC(=O)[C@H](CCC(=O)O)NC(=O)C2(C)CCCN2C(=O)[C@H](Cc2c[nH]cn2)NC(=O)OC)[C@@H](C)O)[C@@H](C)O)C(=O)N[C@@H](Cc2ccc(-c3ccccc3C)nc2)C(N)=O)cc1. The summed E-state index contributed by atoms with van der Waals surface area (Å²) in [4.78, 5) is 214. The van der Waals surface area contributed by atoms with Crippen LogP contribution in [0.4, 0.5) is 9.18 Å². The molecule has 3 aromatic heterocycles. The summed E-state index contributed by atoms with van der Waals surface area (Å²) in [6.07, 6.45) is -1.27. The molecule has 12 amide bonds. The Morgan fingerprint density at radius 2 is 1.22 bits per heavy atom. The van der Waals surface area contributed by atoms with Gasteiger partial charge < -0.3 is 104 Å². The molecular formula is C81H98FN17O20. The molecule has 119 heavy (non-hydrogen) atoms. The van der Waals surface area contributed by atoms with Crippen LogP contribution in [-0.2, 0) is 106 Å². The largest absolute Gasteiger partial charge is 0.508 e. The number of phenolic OH excluding ortho intramolecular Hbond substituents is 1. The number of hydrogen-bond acceptors (Lipinski definition) is 21. The van der Waals surface area contributed by atoms with Gasteiger partial charge in [0.15, 0.2) is 0 Å². The predicted octanol–water partition coefficient (Wildman–Crippen LogP) is 0.167. The van der Waals surface area contributed by atoms with Crippen molar-refractivity contribution >= 4 is 83.0 Å². The van der Waals surface area contributed by atoms with Gasteiger partial charge in [-0.3, -0.25) is 67.3 Å². The fraction of sp³-hybridized carbons (Fsp3) is 0.395. The van der Waals surface area contributed by atoms with Gasteiger partial charge in [0.25, 0.3) is 0 Å². The number of aromatic nitrogens is 5. The lowest BCUT2D eigenvalue weighted by Crippen LogP contribution is -2.67. The Morgan fingerprint density at radius 3 is 1.81 bits per heavy atom. The number of aliphatic carboxylic acids is 2. The summed E-state index contributed by atoms with van der Waals surface area (Å²) < 4.78 is 20.4. The highest BCUT2D eigenvalue weighted by molar-refractivity contribution is 6.01.